The number of aliphatic carboxylic acids is 1. The van der Waals surface area contributed by atoms with Crippen LogP contribution < -0.4 is 0 Å². The van der Waals surface area contributed by atoms with Gasteiger partial charge in [0.25, 0.3) is 0 Å². The third-order valence-electron chi connectivity index (χ3n) is 3.89. The first kappa shape index (κ1) is 17.6. The lowest BCUT2D eigenvalue weighted by atomic mass is 9.88. The van der Waals surface area contributed by atoms with Crippen LogP contribution in [0.2, 0.25) is 5.02 Å². The Kier molecular flexibility index (Phi) is 4.90. The fourth-order valence-electron chi connectivity index (χ4n) is 2.93. The number of nitrogens with zero attached hydrogens (tertiary/aromatic N) is 1. The van der Waals surface area contributed by atoms with Crippen molar-refractivity contribution in [2.75, 3.05) is 6.54 Å². The Morgan fingerprint density at radius 2 is 2.09 bits per heavy atom. The van der Waals surface area contributed by atoms with Crippen LogP contribution in [0.15, 0.2) is 24.3 Å². The summed E-state index contributed by atoms with van der Waals surface area (Å²) in [4.78, 5) is 25.8. The van der Waals surface area contributed by atoms with E-state index in [1.807, 2.05) is 6.07 Å². The van der Waals surface area contributed by atoms with Crippen LogP contribution in [0.25, 0.3) is 0 Å². The van der Waals surface area contributed by atoms with Crippen LogP contribution in [0.1, 0.15) is 39.2 Å². The summed E-state index contributed by atoms with van der Waals surface area (Å²) >= 11 is 5.99. The van der Waals surface area contributed by atoms with Crippen molar-refractivity contribution in [2.24, 2.45) is 0 Å². The number of carbonyl (C=O) groups is 2. The Labute approximate surface area is 141 Å². The van der Waals surface area contributed by atoms with Gasteiger partial charge in [0, 0.05) is 18.0 Å². The lowest BCUT2D eigenvalue weighted by Gasteiger charge is -2.36. The molecule has 0 saturated carbocycles. The monoisotopic (exact) mass is 339 g/mol. The molecule has 1 atom stereocenters. The molecule has 0 unspecified atom stereocenters. The standard InChI is InChI=1S/C17H22ClNO4/c1-16(2,3)23-15(22)19-9-5-8-17(19,14(20)21)11-12-6-4-7-13(18)10-12/h4,6-7,10H,5,8-9,11H2,1-3H3,(H,20,21)/t17-/m1/s1. The van der Waals surface area contributed by atoms with Crippen molar-refractivity contribution >= 4 is 23.7 Å². The van der Waals surface area contributed by atoms with Crippen LogP contribution in [-0.4, -0.2) is 39.8 Å². The van der Waals surface area contributed by atoms with E-state index in [2.05, 4.69) is 0 Å². The minimum absolute atomic E-state index is 0.210. The van der Waals surface area contributed by atoms with Gasteiger partial charge >= 0.3 is 12.1 Å². The summed E-state index contributed by atoms with van der Waals surface area (Å²) in [6, 6.07) is 7.07. The summed E-state index contributed by atoms with van der Waals surface area (Å²) in [5, 5.41) is 10.4. The van der Waals surface area contributed by atoms with Crippen molar-refractivity contribution in [3.8, 4) is 0 Å². The van der Waals surface area contributed by atoms with Gasteiger partial charge in [-0.1, -0.05) is 23.7 Å². The summed E-state index contributed by atoms with van der Waals surface area (Å²) in [5.41, 5.74) is -1.16. The van der Waals surface area contributed by atoms with E-state index in [1.54, 1.807) is 39.0 Å². The van der Waals surface area contributed by atoms with E-state index in [-0.39, 0.29) is 6.42 Å². The van der Waals surface area contributed by atoms with Gasteiger partial charge in [0.15, 0.2) is 0 Å². The number of carboxylic acids is 1. The molecule has 1 aromatic carbocycles. The third kappa shape index (κ3) is 3.96. The SMILES string of the molecule is CC(C)(C)OC(=O)N1CCC[C@@]1(Cc1cccc(Cl)c1)C(=O)O. The lowest BCUT2D eigenvalue weighted by Crippen LogP contribution is -2.55. The summed E-state index contributed by atoms with van der Waals surface area (Å²) < 4.78 is 5.39. The van der Waals surface area contributed by atoms with Gasteiger partial charge in [0.2, 0.25) is 0 Å². The molecule has 0 aromatic heterocycles. The zero-order valence-corrected chi connectivity index (χ0v) is 14.4. The van der Waals surface area contributed by atoms with E-state index in [1.165, 1.54) is 4.90 Å². The van der Waals surface area contributed by atoms with Crippen LogP contribution in [0.5, 0.6) is 0 Å². The molecule has 1 fully saturated rings. The van der Waals surface area contributed by atoms with E-state index in [4.69, 9.17) is 16.3 Å². The van der Waals surface area contributed by atoms with Gasteiger partial charge in [-0.05, 0) is 51.3 Å². The second-order valence-corrected chi connectivity index (χ2v) is 7.32. The summed E-state index contributed by atoms with van der Waals surface area (Å²) in [7, 11) is 0. The maximum absolute atomic E-state index is 12.5. The molecule has 0 spiro atoms. The van der Waals surface area contributed by atoms with Crippen LogP contribution >= 0.6 is 11.6 Å². The predicted octanol–water partition coefficient (Wildman–Crippen LogP) is 3.74. The Morgan fingerprint density at radius 1 is 1.39 bits per heavy atom. The summed E-state index contributed by atoms with van der Waals surface area (Å²) in [6.07, 6.45) is 0.655. The van der Waals surface area contributed by atoms with Crippen molar-refractivity contribution in [1.29, 1.82) is 0 Å². The highest BCUT2D eigenvalue weighted by atomic mass is 35.5. The predicted molar refractivity (Wildman–Crippen MR) is 87.7 cm³/mol. The molecule has 126 valence electrons. The Morgan fingerprint density at radius 3 is 2.65 bits per heavy atom. The van der Waals surface area contributed by atoms with E-state index < -0.39 is 23.2 Å². The average Bonchev–Trinajstić information content (AvgIpc) is 2.82. The van der Waals surface area contributed by atoms with E-state index in [0.29, 0.717) is 24.4 Å². The number of likely N-dealkylation sites (tertiary alicyclic amines) is 1. The van der Waals surface area contributed by atoms with Crippen LogP contribution in [-0.2, 0) is 16.0 Å². The minimum Gasteiger partial charge on any atom is -0.479 e. The molecule has 0 aliphatic carbocycles. The third-order valence-corrected chi connectivity index (χ3v) is 4.12. The number of benzene rings is 1. The second kappa shape index (κ2) is 6.40. The molecule has 1 aliphatic rings. The molecule has 1 N–H and O–H groups in total. The first-order chi connectivity index (χ1) is 10.6. The highest BCUT2D eigenvalue weighted by molar-refractivity contribution is 6.30. The zero-order valence-electron chi connectivity index (χ0n) is 13.6. The van der Waals surface area contributed by atoms with E-state index in [9.17, 15) is 14.7 Å². The normalized spacial score (nSPS) is 21.3. The lowest BCUT2D eigenvalue weighted by molar-refractivity contribution is -0.149. The van der Waals surface area contributed by atoms with Gasteiger partial charge in [-0.15, -0.1) is 0 Å². The number of ether oxygens (including phenoxy) is 1. The first-order valence-corrected chi connectivity index (χ1v) is 8.00. The number of amides is 1. The Balaban J connectivity index is 2.31. The van der Waals surface area contributed by atoms with Crippen molar-refractivity contribution in [1.82, 2.24) is 4.90 Å². The highest BCUT2D eigenvalue weighted by Gasteiger charge is 2.51. The van der Waals surface area contributed by atoms with Gasteiger partial charge < -0.3 is 9.84 Å². The average molecular weight is 340 g/mol. The molecule has 2 rings (SSSR count). The zero-order chi connectivity index (χ0) is 17.3. The Bertz CT molecular complexity index is 611. The molecule has 1 amide bonds. The van der Waals surface area contributed by atoms with Crippen molar-refractivity contribution in [3.63, 3.8) is 0 Å². The number of rotatable bonds is 3. The van der Waals surface area contributed by atoms with Crippen molar-refractivity contribution in [2.45, 2.75) is 51.2 Å². The van der Waals surface area contributed by atoms with Gasteiger partial charge in [0.1, 0.15) is 11.1 Å². The highest BCUT2D eigenvalue weighted by Crippen LogP contribution is 2.35. The molecule has 1 saturated heterocycles. The number of carboxylic acid groups (broad SMARTS) is 1. The maximum Gasteiger partial charge on any atom is 0.411 e. The second-order valence-electron chi connectivity index (χ2n) is 6.88. The van der Waals surface area contributed by atoms with Crippen LogP contribution in [0, 0.1) is 0 Å². The molecule has 1 aromatic rings. The fourth-order valence-corrected chi connectivity index (χ4v) is 3.14. The van der Waals surface area contributed by atoms with Crippen molar-refractivity contribution < 1.29 is 19.4 Å². The van der Waals surface area contributed by atoms with Gasteiger partial charge in [-0.3, -0.25) is 4.90 Å². The number of hydrogen-bond acceptors (Lipinski definition) is 3. The van der Waals surface area contributed by atoms with Crippen LogP contribution in [0.3, 0.4) is 0 Å². The Hall–Kier alpha value is -1.75. The first-order valence-electron chi connectivity index (χ1n) is 7.62. The largest absolute Gasteiger partial charge is 0.479 e. The fraction of sp³-hybridized carbons (Fsp3) is 0.529. The molecular weight excluding hydrogens is 318 g/mol. The molecule has 0 bridgehead atoms. The molecular formula is C17H22ClNO4. The van der Waals surface area contributed by atoms with Crippen molar-refractivity contribution in [3.05, 3.63) is 34.9 Å². The quantitative estimate of drug-likeness (QED) is 0.911. The van der Waals surface area contributed by atoms with Gasteiger partial charge in [0.05, 0.1) is 0 Å². The molecule has 23 heavy (non-hydrogen) atoms. The van der Waals surface area contributed by atoms with Gasteiger partial charge in [-0.25, -0.2) is 9.59 Å². The number of hydrogen-bond donors (Lipinski definition) is 1. The summed E-state index contributed by atoms with van der Waals surface area (Å²) in [6.45, 7) is 5.67. The molecule has 1 aliphatic heterocycles. The molecule has 5 nitrogen and oxygen atoms in total. The molecule has 1 heterocycles. The van der Waals surface area contributed by atoms with E-state index in [0.717, 1.165) is 5.56 Å². The maximum atomic E-state index is 12.5. The molecule has 0 radical (unpaired) electrons. The smallest absolute Gasteiger partial charge is 0.411 e. The van der Waals surface area contributed by atoms with E-state index >= 15 is 0 Å². The number of carbonyl (C=O) groups excluding carboxylic acids is 1. The van der Waals surface area contributed by atoms with Crippen LogP contribution in [0.4, 0.5) is 4.79 Å². The van der Waals surface area contributed by atoms with Gasteiger partial charge in [-0.2, -0.15) is 0 Å². The minimum atomic E-state index is -1.28. The number of halogens is 1. The molecule has 6 heteroatoms. The topological polar surface area (TPSA) is 66.8 Å². The summed E-state index contributed by atoms with van der Waals surface area (Å²) in [5.74, 6) is -1.01.